The molecular formula is C17H25N3O2S. The van der Waals surface area contributed by atoms with Gasteiger partial charge in [0.2, 0.25) is 11.8 Å². The quantitative estimate of drug-likeness (QED) is 0.766. The Morgan fingerprint density at radius 1 is 1.09 bits per heavy atom. The SMILES string of the molecule is CSc1ccc(CN(C)CC(=O)N2CCN(C(C)=O)CC2)cc1. The lowest BCUT2D eigenvalue weighted by molar-refractivity contribution is -0.139. The molecule has 1 aliphatic rings. The van der Waals surface area contributed by atoms with Crippen molar-refractivity contribution in [3.8, 4) is 0 Å². The van der Waals surface area contributed by atoms with Crippen LogP contribution < -0.4 is 0 Å². The van der Waals surface area contributed by atoms with Crippen LogP contribution >= 0.6 is 11.8 Å². The van der Waals surface area contributed by atoms with Crippen LogP contribution in [0.5, 0.6) is 0 Å². The average molecular weight is 335 g/mol. The van der Waals surface area contributed by atoms with Crippen LogP contribution in [-0.2, 0) is 16.1 Å². The van der Waals surface area contributed by atoms with E-state index in [2.05, 4.69) is 30.5 Å². The van der Waals surface area contributed by atoms with Crippen LogP contribution in [0, 0.1) is 0 Å². The maximum absolute atomic E-state index is 12.4. The summed E-state index contributed by atoms with van der Waals surface area (Å²) in [5.74, 6) is 0.222. The van der Waals surface area contributed by atoms with E-state index in [-0.39, 0.29) is 11.8 Å². The number of likely N-dealkylation sites (N-methyl/N-ethyl adjacent to an activating group) is 1. The minimum Gasteiger partial charge on any atom is -0.339 e. The molecule has 1 saturated heterocycles. The summed E-state index contributed by atoms with van der Waals surface area (Å²) in [5, 5.41) is 0. The third kappa shape index (κ3) is 5.25. The maximum Gasteiger partial charge on any atom is 0.236 e. The van der Waals surface area contributed by atoms with Gasteiger partial charge in [-0.15, -0.1) is 11.8 Å². The maximum atomic E-state index is 12.4. The molecule has 1 heterocycles. The molecule has 1 aromatic carbocycles. The van der Waals surface area contributed by atoms with Gasteiger partial charge in [0.1, 0.15) is 0 Å². The molecule has 0 saturated carbocycles. The third-order valence-corrected chi connectivity index (χ3v) is 4.84. The van der Waals surface area contributed by atoms with Crippen molar-refractivity contribution in [2.24, 2.45) is 0 Å². The molecule has 23 heavy (non-hydrogen) atoms. The summed E-state index contributed by atoms with van der Waals surface area (Å²) in [4.78, 5) is 30.6. The zero-order valence-corrected chi connectivity index (χ0v) is 14.9. The first-order valence-corrected chi connectivity index (χ1v) is 9.07. The number of amides is 2. The first-order chi connectivity index (χ1) is 11.0. The van der Waals surface area contributed by atoms with Gasteiger partial charge in [-0.1, -0.05) is 12.1 Å². The van der Waals surface area contributed by atoms with Crippen molar-refractivity contribution >= 4 is 23.6 Å². The average Bonchev–Trinajstić information content (AvgIpc) is 2.55. The number of carbonyl (C=O) groups excluding carboxylic acids is 2. The second kappa shape index (κ2) is 8.36. The van der Waals surface area contributed by atoms with Gasteiger partial charge in [-0.2, -0.15) is 0 Å². The molecule has 2 rings (SSSR count). The van der Waals surface area contributed by atoms with Gasteiger partial charge in [-0.25, -0.2) is 0 Å². The molecule has 0 unspecified atom stereocenters. The summed E-state index contributed by atoms with van der Waals surface area (Å²) in [6, 6.07) is 8.43. The standard InChI is InChI=1S/C17H25N3O2S/c1-14(21)19-8-10-20(11-9-19)17(22)13-18(2)12-15-4-6-16(23-3)7-5-15/h4-7H,8-13H2,1-3H3. The zero-order chi connectivity index (χ0) is 16.8. The van der Waals surface area contributed by atoms with Crippen LogP contribution in [0.15, 0.2) is 29.2 Å². The van der Waals surface area contributed by atoms with E-state index in [0.717, 1.165) is 6.54 Å². The Labute approximate surface area is 142 Å². The van der Waals surface area contributed by atoms with Gasteiger partial charge in [0.25, 0.3) is 0 Å². The van der Waals surface area contributed by atoms with E-state index < -0.39 is 0 Å². The van der Waals surface area contributed by atoms with Crippen molar-refractivity contribution < 1.29 is 9.59 Å². The molecule has 5 nitrogen and oxygen atoms in total. The second-order valence-electron chi connectivity index (χ2n) is 5.91. The molecule has 0 aliphatic carbocycles. The molecule has 0 bridgehead atoms. The number of thioether (sulfide) groups is 1. The summed E-state index contributed by atoms with van der Waals surface area (Å²) < 4.78 is 0. The van der Waals surface area contributed by atoms with Gasteiger partial charge < -0.3 is 9.80 Å². The third-order valence-electron chi connectivity index (χ3n) is 4.09. The second-order valence-corrected chi connectivity index (χ2v) is 6.79. The Morgan fingerprint density at radius 3 is 2.17 bits per heavy atom. The Kier molecular flexibility index (Phi) is 6.47. The lowest BCUT2D eigenvalue weighted by Crippen LogP contribution is -2.51. The van der Waals surface area contributed by atoms with Crippen molar-refractivity contribution in [2.45, 2.75) is 18.4 Å². The van der Waals surface area contributed by atoms with E-state index >= 15 is 0 Å². The van der Waals surface area contributed by atoms with Gasteiger partial charge in [-0.05, 0) is 31.0 Å². The Hall–Kier alpha value is -1.53. The van der Waals surface area contributed by atoms with E-state index in [1.165, 1.54) is 10.5 Å². The lowest BCUT2D eigenvalue weighted by atomic mass is 10.2. The number of benzene rings is 1. The fourth-order valence-corrected chi connectivity index (χ4v) is 3.11. The number of nitrogens with zero attached hydrogens (tertiary/aromatic N) is 3. The number of rotatable bonds is 5. The van der Waals surface area contributed by atoms with Crippen LogP contribution in [0.1, 0.15) is 12.5 Å². The van der Waals surface area contributed by atoms with E-state index in [9.17, 15) is 9.59 Å². The molecular weight excluding hydrogens is 310 g/mol. The number of hydrogen-bond donors (Lipinski definition) is 0. The largest absolute Gasteiger partial charge is 0.339 e. The number of hydrogen-bond acceptors (Lipinski definition) is 4. The van der Waals surface area contributed by atoms with Gasteiger partial charge >= 0.3 is 0 Å². The summed E-state index contributed by atoms with van der Waals surface area (Å²) in [7, 11) is 1.96. The Bertz CT molecular complexity index is 539. The first-order valence-electron chi connectivity index (χ1n) is 7.84. The van der Waals surface area contributed by atoms with Crippen molar-refractivity contribution in [2.75, 3.05) is 46.0 Å². The van der Waals surface area contributed by atoms with Crippen LogP contribution in [0.3, 0.4) is 0 Å². The molecule has 6 heteroatoms. The molecule has 0 radical (unpaired) electrons. The highest BCUT2D eigenvalue weighted by atomic mass is 32.2. The van der Waals surface area contributed by atoms with Crippen molar-refractivity contribution in [3.63, 3.8) is 0 Å². The Balaban J connectivity index is 1.79. The fourth-order valence-electron chi connectivity index (χ4n) is 2.70. The smallest absolute Gasteiger partial charge is 0.236 e. The first kappa shape index (κ1) is 17.8. The predicted molar refractivity (Wildman–Crippen MR) is 93.4 cm³/mol. The van der Waals surface area contributed by atoms with Crippen LogP contribution in [-0.4, -0.2) is 72.5 Å². The van der Waals surface area contributed by atoms with E-state index in [1.54, 1.807) is 23.6 Å². The van der Waals surface area contributed by atoms with Crippen molar-refractivity contribution in [3.05, 3.63) is 29.8 Å². The van der Waals surface area contributed by atoms with E-state index in [1.807, 2.05) is 16.8 Å². The zero-order valence-electron chi connectivity index (χ0n) is 14.1. The van der Waals surface area contributed by atoms with Gasteiger partial charge in [0.15, 0.2) is 0 Å². The molecule has 0 aromatic heterocycles. The highest BCUT2D eigenvalue weighted by Crippen LogP contribution is 2.15. The van der Waals surface area contributed by atoms with Crippen molar-refractivity contribution in [1.29, 1.82) is 0 Å². The predicted octanol–water partition coefficient (Wildman–Crippen LogP) is 1.53. The van der Waals surface area contributed by atoms with Crippen LogP contribution in [0.2, 0.25) is 0 Å². The summed E-state index contributed by atoms with van der Waals surface area (Å²) in [5.41, 5.74) is 1.21. The van der Waals surface area contributed by atoms with E-state index in [4.69, 9.17) is 0 Å². The molecule has 0 spiro atoms. The number of carbonyl (C=O) groups is 2. The highest BCUT2D eigenvalue weighted by Gasteiger charge is 2.22. The Morgan fingerprint density at radius 2 is 1.65 bits per heavy atom. The van der Waals surface area contributed by atoms with E-state index in [0.29, 0.717) is 32.7 Å². The minimum absolute atomic E-state index is 0.0860. The summed E-state index contributed by atoms with van der Waals surface area (Å²) >= 11 is 1.73. The topological polar surface area (TPSA) is 43.9 Å². The summed E-state index contributed by atoms with van der Waals surface area (Å²) in [6.07, 6.45) is 2.06. The molecule has 1 aromatic rings. The normalized spacial score (nSPS) is 15.1. The summed E-state index contributed by atoms with van der Waals surface area (Å²) in [6.45, 7) is 5.29. The fraction of sp³-hybridized carbons (Fsp3) is 0.529. The van der Waals surface area contributed by atoms with Gasteiger partial charge in [0, 0.05) is 44.5 Å². The van der Waals surface area contributed by atoms with Crippen LogP contribution in [0.25, 0.3) is 0 Å². The lowest BCUT2D eigenvalue weighted by Gasteiger charge is -2.35. The highest BCUT2D eigenvalue weighted by molar-refractivity contribution is 7.98. The number of piperazine rings is 1. The molecule has 126 valence electrons. The minimum atomic E-state index is 0.0860. The monoisotopic (exact) mass is 335 g/mol. The molecule has 0 atom stereocenters. The van der Waals surface area contributed by atoms with Gasteiger partial charge in [-0.3, -0.25) is 14.5 Å². The molecule has 1 fully saturated rings. The molecule has 1 aliphatic heterocycles. The van der Waals surface area contributed by atoms with Gasteiger partial charge in [0.05, 0.1) is 6.54 Å². The van der Waals surface area contributed by atoms with Crippen LogP contribution in [0.4, 0.5) is 0 Å². The molecule has 0 N–H and O–H groups in total. The molecule has 2 amide bonds. The van der Waals surface area contributed by atoms with Crippen molar-refractivity contribution in [1.82, 2.24) is 14.7 Å².